The fourth-order valence-corrected chi connectivity index (χ4v) is 2.78. The van der Waals surface area contributed by atoms with Gasteiger partial charge in [-0.3, -0.25) is 0 Å². The van der Waals surface area contributed by atoms with Gasteiger partial charge in [-0.05, 0) is 54.7 Å². The zero-order chi connectivity index (χ0) is 14.6. The number of rotatable bonds is 7. The Bertz CT molecular complexity index is 395. The second kappa shape index (κ2) is 6.76. The first-order valence-electron chi connectivity index (χ1n) is 8.32. The van der Waals surface area contributed by atoms with Crippen molar-refractivity contribution < 1.29 is 0 Å². The summed E-state index contributed by atoms with van der Waals surface area (Å²) in [5.74, 6) is 0.793. The molecule has 0 amide bonds. The van der Waals surface area contributed by atoms with Crippen LogP contribution < -0.4 is 5.32 Å². The first-order valence-corrected chi connectivity index (χ1v) is 8.32. The molecule has 1 aromatic carbocycles. The molecular formula is C19H31N. The van der Waals surface area contributed by atoms with E-state index in [9.17, 15) is 0 Å². The van der Waals surface area contributed by atoms with Gasteiger partial charge in [0.25, 0.3) is 0 Å². The zero-order valence-electron chi connectivity index (χ0n) is 13.7. The van der Waals surface area contributed by atoms with E-state index in [0.717, 1.165) is 12.0 Å². The van der Waals surface area contributed by atoms with Gasteiger partial charge >= 0.3 is 0 Å². The summed E-state index contributed by atoms with van der Waals surface area (Å²) in [7, 11) is 0. The van der Waals surface area contributed by atoms with Crippen molar-refractivity contribution in [2.24, 2.45) is 5.92 Å². The van der Waals surface area contributed by atoms with Gasteiger partial charge in [0, 0.05) is 6.04 Å². The van der Waals surface area contributed by atoms with Gasteiger partial charge in [0.15, 0.2) is 0 Å². The molecule has 1 aliphatic rings. The highest BCUT2D eigenvalue weighted by Crippen LogP contribution is 2.24. The van der Waals surface area contributed by atoms with Crippen LogP contribution in [0.4, 0.5) is 0 Å². The summed E-state index contributed by atoms with van der Waals surface area (Å²) in [6.07, 6.45) is 6.62. The van der Waals surface area contributed by atoms with E-state index >= 15 is 0 Å². The molecule has 1 heteroatoms. The van der Waals surface area contributed by atoms with Gasteiger partial charge in [-0.2, -0.15) is 0 Å². The van der Waals surface area contributed by atoms with Gasteiger partial charge in [0.1, 0.15) is 0 Å². The molecule has 0 aromatic heterocycles. The SMILES string of the molecule is CCCC(CNC1CC1)Cc1ccc(C(C)(C)C)cc1. The van der Waals surface area contributed by atoms with Crippen LogP contribution in [0.25, 0.3) is 0 Å². The second-order valence-electron chi connectivity index (χ2n) is 7.49. The predicted octanol–water partition coefficient (Wildman–Crippen LogP) is 4.69. The molecular weight excluding hydrogens is 242 g/mol. The molecule has 0 bridgehead atoms. The van der Waals surface area contributed by atoms with Gasteiger partial charge in [0.2, 0.25) is 0 Å². The van der Waals surface area contributed by atoms with E-state index in [2.05, 4.69) is 57.3 Å². The number of hydrogen-bond donors (Lipinski definition) is 1. The number of hydrogen-bond acceptors (Lipinski definition) is 1. The van der Waals surface area contributed by atoms with Gasteiger partial charge in [-0.15, -0.1) is 0 Å². The highest BCUT2D eigenvalue weighted by molar-refractivity contribution is 5.27. The lowest BCUT2D eigenvalue weighted by Crippen LogP contribution is -2.26. The van der Waals surface area contributed by atoms with Crippen LogP contribution in [-0.2, 0) is 11.8 Å². The molecule has 0 aliphatic heterocycles. The van der Waals surface area contributed by atoms with E-state index in [1.165, 1.54) is 49.8 Å². The van der Waals surface area contributed by atoms with E-state index in [1.807, 2.05) is 0 Å². The van der Waals surface area contributed by atoms with Crippen LogP contribution in [0.2, 0.25) is 0 Å². The quantitative estimate of drug-likeness (QED) is 0.759. The van der Waals surface area contributed by atoms with Crippen molar-refractivity contribution in [2.45, 2.75) is 71.3 Å². The molecule has 1 saturated carbocycles. The highest BCUT2D eigenvalue weighted by Gasteiger charge is 2.21. The summed E-state index contributed by atoms with van der Waals surface area (Å²) >= 11 is 0. The van der Waals surface area contributed by atoms with E-state index in [-0.39, 0.29) is 5.41 Å². The first-order chi connectivity index (χ1) is 9.49. The maximum Gasteiger partial charge on any atom is 0.00683 e. The Morgan fingerprint density at radius 3 is 2.30 bits per heavy atom. The molecule has 20 heavy (non-hydrogen) atoms. The van der Waals surface area contributed by atoms with Crippen LogP contribution >= 0.6 is 0 Å². The summed E-state index contributed by atoms with van der Waals surface area (Å²) in [6, 6.07) is 10.1. The molecule has 112 valence electrons. The second-order valence-corrected chi connectivity index (χ2v) is 7.49. The molecule has 0 spiro atoms. The van der Waals surface area contributed by atoms with Crippen molar-refractivity contribution >= 4 is 0 Å². The molecule has 0 heterocycles. The lowest BCUT2D eigenvalue weighted by atomic mass is 9.85. The maximum atomic E-state index is 3.70. The normalized spacial score (nSPS) is 17.2. The van der Waals surface area contributed by atoms with Gasteiger partial charge in [-0.25, -0.2) is 0 Å². The van der Waals surface area contributed by atoms with Crippen molar-refractivity contribution in [1.82, 2.24) is 5.32 Å². The monoisotopic (exact) mass is 273 g/mol. The third kappa shape index (κ3) is 4.94. The van der Waals surface area contributed by atoms with Crippen LogP contribution in [0.15, 0.2) is 24.3 Å². The summed E-state index contributed by atoms with van der Waals surface area (Å²) in [4.78, 5) is 0. The summed E-state index contributed by atoms with van der Waals surface area (Å²) < 4.78 is 0. The number of benzene rings is 1. The van der Waals surface area contributed by atoms with Crippen LogP contribution in [0.5, 0.6) is 0 Å². The maximum absolute atomic E-state index is 3.70. The Kier molecular flexibility index (Phi) is 5.26. The molecule has 0 saturated heterocycles. The van der Waals surface area contributed by atoms with Gasteiger partial charge < -0.3 is 5.32 Å². The minimum atomic E-state index is 0.259. The van der Waals surface area contributed by atoms with Crippen LogP contribution in [0.1, 0.15) is 64.5 Å². The number of nitrogens with one attached hydrogen (secondary N) is 1. The van der Waals surface area contributed by atoms with Crippen molar-refractivity contribution in [3.8, 4) is 0 Å². The van der Waals surface area contributed by atoms with E-state index in [0.29, 0.717) is 0 Å². The third-order valence-corrected chi connectivity index (χ3v) is 4.31. The Morgan fingerprint density at radius 2 is 1.80 bits per heavy atom. The highest BCUT2D eigenvalue weighted by atomic mass is 14.9. The molecule has 1 fully saturated rings. The summed E-state index contributed by atoms with van der Waals surface area (Å²) in [5, 5.41) is 3.70. The van der Waals surface area contributed by atoms with E-state index in [4.69, 9.17) is 0 Å². The largest absolute Gasteiger partial charge is 0.314 e. The molecule has 2 rings (SSSR count). The Labute approximate surface area is 125 Å². The standard InChI is InChI=1S/C19H31N/c1-5-6-16(14-20-18-11-12-18)13-15-7-9-17(10-8-15)19(2,3)4/h7-10,16,18,20H,5-6,11-14H2,1-4H3. The van der Waals surface area contributed by atoms with E-state index in [1.54, 1.807) is 0 Å². The topological polar surface area (TPSA) is 12.0 Å². The molecule has 1 aliphatic carbocycles. The van der Waals surface area contributed by atoms with Crippen molar-refractivity contribution in [3.63, 3.8) is 0 Å². The first kappa shape index (κ1) is 15.6. The molecule has 1 unspecified atom stereocenters. The average molecular weight is 273 g/mol. The molecule has 1 nitrogen and oxygen atoms in total. The fourth-order valence-electron chi connectivity index (χ4n) is 2.78. The van der Waals surface area contributed by atoms with Gasteiger partial charge in [0.05, 0.1) is 0 Å². The van der Waals surface area contributed by atoms with Crippen LogP contribution in [-0.4, -0.2) is 12.6 Å². The molecule has 1 atom stereocenters. The van der Waals surface area contributed by atoms with Crippen molar-refractivity contribution in [2.75, 3.05) is 6.54 Å². The predicted molar refractivity (Wildman–Crippen MR) is 88.3 cm³/mol. The third-order valence-electron chi connectivity index (χ3n) is 4.31. The Morgan fingerprint density at radius 1 is 1.15 bits per heavy atom. The van der Waals surface area contributed by atoms with Gasteiger partial charge in [-0.1, -0.05) is 58.4 Å². The molecule has 0 radical (unpaired) electrons. The minimum Gasteiger partial charge on any atom is -0.314 e. The molecule has 1 aromatic rings. The van der Waals surface area contributed by atoms with Crippen molar-refractivity contribution in [1.29, 1.82) is 0 Å². The smallest absolute Gasteiger partial charge is 0.00683 e. The summed E-state index contributed by atoms with van der Waals surface area (Å²) in [6.45, 7) is 10.3. The Hall–Kier alpha value is -0.820. The lowest BCUT2D eigenvalue weighted by molar-refractivity contribution is 0.437. The zero-order valence-corrected chi connectivity index (χ0v) is 13.7. The summed E-state index contributed by atoms with van der Waals surface area (Å²) in [5.41, 5.74) is 3.19. The Balaban J connectivity index is 1.91. The molecule has 1 N–H and O–H groups in total. The van der Waals surface area contributed by atoms with Crippen LogP contribution in [0, 0.1) is 5.92 Å². The van der Waals surface area contributed by atoms with Crippen LogP contribution in [0.3, 0.4) is 0 Å². The lowest BCUT2D eigenvalue weighted by Gasteiger charge is -2.20. The van der Waals surface area contributed by atoms with Crippen molar-refractivity contribution in [3.05, 3.63) is 35.4 Å². The average Bonchev–Trinajstić information content (AvgIpc) is 3.20. The fraction of sp³-hybridized carbons (Fsp3) is 0.684. The minimum absolute atomic E-state index is 0.259. The van der Waals surface area contributed by atoms with E-state index < -0.39 is 0 Å².